The van der Waals surface area contributed by atoms with Crippen molar-refractivity contribution >= 4 is 16.5 Å². The fourth-order valence-corrected chi connectivity index (χ4v) is 2.96. The Bertz CT molecular complexity index is 555. The van der Waals surface area contributed by atoms with E-state index in [0.717, 1.165) is 17.6 Å². The molecule has 1 aromatic carbocycles. The minimum Gasteiger partial charge on any atom is -0.361 e. The second-order valence-corrected chi connectivity index (χ2v) is 6.73. The van der Waals surface area contributed by atoms with Gasteiger partial charge in [-0.1, -0.05) is 49.4 Å². The van der Waals surface area contributed by atoms with Crippen LogP contribution in [-0.4, -0.2) is 11.5 Å². The van der Waals surface area contributed by atoms with Gasteiger partial charge in [-0.05, 0) is 35.8 Å². The number of aromatic nitrogens is 1. The molecule has 0 unspecified atom stereocenters. The molecule has 0 amide bonds. The third-order valence-corrected chi connectivity index (χ3v) is 4.39. The lowest BCUT2D eigenvalue weighted by Crippen LogP contribution is -2.07. The summed E-state index contributed by atoms with van der Waals surface area (Å²) in [7, 11) is 0. The van der Waals surface area contributed by atoms with Gasteiger partial charge in [0.1, 0.15) is 0 Å². The molecule has 1 aliphatic carbocycles. The van der Waals surface area contributed by atoms with E-state index in [9.17, 15) is 0 Å². The average molecular weight is 272 g/mol. The fraction of sp³-hybridized carbons (Fsp3) is 0.438. The van der Waals surface area contributed by atoms with E-state index in [0.29, 0.717) is 5.92 Å². The summed E-state index contributed by atoms with van der Waals surface area (Å²) in [5.74, 6) is 1.46. The van der Waals surface area contributed by atoms with Gasteiger partial charge in [-0.25, -0.2) is 4.98 Å². The van der Waals surface area contributed by atoms with Gasteiger partial charge in [-0.2, -0.15) is 0 Å². The minimum absolute atomic E-state index is 0.644. The molecule has 2 aromatic rings. The highest BCUT2D eigenvalue weighted by molar-refractivity contribution is 7.18. The summed E-state index contributed by atoms with van der Waals surface area (Å²) in [6.45, 7) is 5.40. The Kier molecular flexibility index (Phi) is 3.56. The highest BCUT2D eigenvalue weighted by atomic mass is 32.1. The van der Waals surface area contributed by atoms with Crippen molar-refractivity contribution in [3.8, 4) is 10.4 Å². The van der Waals surface area contributed by atoms with Crippen LogP contribution in [0.2, 0.25) is 0 Å². The van der Waals surface area contributed by atoms with Crippen LogP contribution < -0.4 is 5.32 Å². The van der Waals surface area contributed by atoms with Crippen molar-refractivity contribution in [3.05, 3.63) is 36.0 Å². The van der Waals surface area contributed by atoms with Crippen LogP contribution in [0.5, 0.6) is 0 Å². The second-order valence-electron chi connectivity index (χ2n) is 5.70. The normalized spacial score (nSPS) is 14.9. The van der Waals surface area contributed by atoms with Gasteiger partial charge >= 0.3 is 0 Å². The molecule has 0 aliphatic heterocycles. The van der Waals surface area contributed by atoms with E-state index in [1.54, 1.807) is 11.3 Å². The smallest absolute Gasteiger partial charge is 0.183 e. The first kappa shape index (κ1) is 12.7. The molecule has 1 aliphatic rings. The Balaban J connectivity index is 1.76. The average Bonchev–Trinajstić information content (AvgIpc) is 3.15. The Morgan fingerprint density at radius 3 is 2.95 bits per heavy atom. The summed E-state index contributed by atoms with van der Waals surface area (Å²) in [6.07, 6.45) is 4.69. The minimum atomic E-state index is 0.644. The molecule has 3 heteroatoms. The fourth-order valence-electron chi connectivity index (χ4n) is 2.14. The van der Waals surface area contributed by atoms with Crippen molar-refractivity contribution in [3.63, 3.8) is 0 Å². The Morgan fingerprint density at radius 2 is 2.21 bits per heavy atom. The lowest BCUT2D eigenvalue weighted by Gasteiger charge is -2.04. The number of thiazole rings is 1. The number of rotatable bonds is 5. The molecular weight excluding hydrogens is 252 g/mol. The molecule has 0 bridgehead atoms. The Hall–Kier alpha value is -1.35. The van der Waals surface area contributed by atoms with Crippen LogP contribution in [0, 0.1) is 5.92 Å². The SMILES string of the molecule is CC(C)CNc1ncc(-c2cccc(C3CC3)c2)s1. The van der Waals surface area contributed by atoms with E-state index >= 15 is 0 Å². The molecule has 0 atom stereocenters. The third kappa shape index (κ3) is 3.16. The van der Waals surface area contributed by atoms with Crippen LogP contribution in [0.1, 0.15) is 38.2 Å². The summed E-state index contributed by atoms with van der Waals surface area (Å²) < 4.78 is 0. The van der Waals surface area contributed by atoms with E-state index < -0.39 is 0 Å². The number of nitrogens with zero attached hydrogens (tertiary/aromatic N) is 1. The molecule has 1 heterocycles. The summed E-state index contributed by atoms with van der Waals surface area (Å²) in [5.41, 5.74) is 2.79. The first-order valence-corrected chi connectivity index (χ1v) is 7.84. The maximum atomic E-state index is 4.46. The van der Waals surface area contributed by atoms with Crippen molar-refractivity contribution in [1.82, 2.24) is 4.98 Å². The standard InChI is InChI=1S/C16H20N2S/c1-11(2)9-17-16-18-10-15(19-16)14-5-3-4-13(8-14)12-6-7-12/h3-5,8,10-12H,6-7,9H2,1-2H3,(H,17,18). The summed E-state index contributed by atoms with van der Waals surface area (Å²) >= 11 is 1.75. The zero-order chi connectivity index (χ0) is 13.2. The van der Waals surface area contributed by atoms with Gasteiger partial charge < -0.3 is 5.32 Å². The van der Waals surface area contributed by atoms with E-state index in [1.165, 1.54) is 28.8 Å². The van der Waals surface area contributed by atoms with Gasteiger partial charge in [-0.3, -0.25) is 0 Å². The van der Waals surface area contributed by atoms with Crippen LogP contribution in [0.15, 0.2) is 30.5 Å². The van der Waals surface area contributed by atoms with Gasteiger partial charge in [-0.15, -0.1) is 0 Å². The highest BCUT2D eigenvalue weighted by Gasteiger charge is 2.23. The molecule has 2 nitrogen and oxygen atoms in total. The first-order chi connectivity index (χ1) is 9.22. The third-order valence-electron chi connectivity index (χ3n) is 3.39. The Labute approximate surface area is 118 Å². The quantitative estimate of drug-likeness (QED) is 0.849. The maximum Gasteiger partial charge on any atom is 0.183 e. The van der Waals surface area contributed by atoms with Gasteiger partial charge in [0.25, 0.3) is 0 Å². The van der Waals surface area contributed by atoms with Crippen molar-refractivity contribution in [2.45, 2.75) is 32.6 Å². The number of nitrogens with one attached hydrogen (secondary N) is 1. The molecule has 0 radical (unpaired) electrons. The van der Waals surface area contributed by atoms with E-state index in [1.807, 2.05) is 6.20 Å². The molecule has 100 valence electrons. The zero-order valence-electron chi connectivity index (χ0n) is 11.5. The predicted molar refractivity (Wildman–Crippen MR) is 82.9 cm³/mol. The lowest BCUT2D eigenvalue weighted by molar-refractivity contribution is 0.688. The molecule has 0 spiro atoms. The molecule has 0 saturated heterocycles. The number of hydrogen-bond donors (Lipinski definition) is 1. The van der Waals surface area contributed by atoms with Crippen LogP contribution in [0.25, 0.3) is 10.4 Å². The van der Waals surface area contributed by atoms with Crippen molar-refractivity contribution in [2.75, 3.05) is 11.9 Å². The van der Waals surface area contributed by atoms with Crippen LogP contribution in [0.4, 0.5) is 5.13 Å². The molecule has 1 N–H and O–H groups in total. The van der Waals surface area contributed by atoms with Crippen molar-refractivity contribution in [1.29, 1.82) is 0 Å². The highest BCUT2D eigenvalue weighted by Crippen LogP contribution is 2.41. The monoisotopic (exact) mass is 272 g/mol. The van der Waals surface area contributed by atoms with Crippen LogP contribution in [0.3, 0.4) is 0 Å². The topological polar surface area (TPSA) is 24.9 Å². The van der Waals surface area contributed by atoms with Crippen molar-refractivity contribution < 1.29 is 0 Å². The second kappa shape index (κ2) is 5.33. The van der Waals surface area contributed by atoms with E-state index in [-0.39, 0.29) is 0 Å². The Morgan fingerprint density at radius 1 is 1.37 bits per heavy atom. The first-order valence-electron chi connectivity index (χ1n) is 7.02. The van der Waals surface area contributed by atoms with E-state index in [2.05, 4.69) is 48.4 Å². The number of anilines is 1. The van der Waals surface area contributed by atoms with Gasteiger partial charge in [0.2, 0.25) is 0 Å². The van der Waals surface area contributed by atoms with E-state index in [4.69, 9.17) is 0 Å². The number of benzene rings is 1. The maximum absolute atomic E-state index is 4.46. The van der Waals surface area contributed by atoms with Crippen LogP contribution in [-0.2, 0) is 0 Å². The summed E-state index contributed by atoms with van der Waals surface area (Å²) in [6, 6.07) is 8.94. The molecule has 3 rings (SSSR count). The van der Waals surface area contributed by atoms with Gasteiger partial charge in [0, 0.05) is 12.7 Å². The number of hydrogen-bond acceptors (Lipinski definition) is 3. The predicted octanol–water partition coefficient (Wildman–Crippen LogP) is 4.76. The molecule has 1 saturated carbocycles. The molecule has 19 heavy (non-hydrogen) atoms. The largest absolute Gasteiger partial charge is 0.361 e. The lowest BCUT2D eigenvalue weighted by atomic mass is 10.1. The van der Waals surface area contributed by atoms with Crippen LogP contribution >= 0.6 is 11.3 Å². The molecule has 1 aromatic heterocycles. The van der Waals surface area contributed by atoms with Gasteiger partial charge in [0.05, 0.1) is 4.88 Å². The molecular formula is C16H20N2S. The van der Waals surface area contributed by atoms with Crippen molar-refractivity contribution in [2.24, 2.45) is 5.92 Å². The zero-order valence-corrected chi connectivity index (χ0v) is 12.3. The summed E-state index contributed by atoms with van der Waals surface area (Å²) in [4.78, 5) is 5.72. The molecule has 1 fully saturated rings. The summed E-state index contributed by atoms with van der Waals surface area (Å²) in [5, 5.41) is 4.42. The van der Waals surface area contributed by atoms with Gasteiger partial charge in [0.15, 0.2) is 5.13 Å².